The van der Waals surface area contributed by atoms with Crippen molar-refractivity contribution in [2.24, 2.45) is 10.2 Å². The minimum atomic E-state index is -0.161. The lowest BCUT2D eigenvalue weighted by molar-refractivity contribution is -0.121. The molecule has 0 unspecified atom stereocenters. The number of pyridine rings is 2. The molecule has 27 heavy (non-hydrogen) atoms. The second kappa shape index (κ2) is 12.0. The van der Waals surface area contributed by atoms with Crippen LogP contribution >= 0.6 is 0 Å². The maximum absolute atomic E-state index is 11.7. The van der Waals surface area contributed by atoms with Crippen molar-refractivity contribution in [3.8, 4) is 0 Å². The molecule has 140 valence electrons. The molecule has 0 saturated carbocycles. The Morgan fingerprint density at radius 2 is 1.26 bits per heavy atom. The number of hydrogen-bond donors (Lipinski definition) is 2. The molecule has 2 heterocycles. The van der Waals surface area contributed by atoms with Gasteiger partial charge in [0.1, 0.15) is 0 Å². The quantitative estimate of drug-likeness (QED) is 0.381. The molecular formula is C19H22N6O2. The first-order valence-electron chi connectivity index (χ1n) is 8.70. The van der Waals surface area contributed by atoms with Crippen molar-refractivity contribution in [3.63, 3.8) is 0 Å². The van der Waals surface area contributed by atoms with Crippen molar-refractivity contribution in [1.82, 2.24) is 20.8 Å². The number of aromatic nitrogens is 2. The average molecular weight is 366 g/mol. The van der Waals surface area contributed by atoms with Gasteiger partial charge in [-0.25, -0.2) is 10.9 Å². The van der Waals surface area contributed by atoms with Gasteiger partial charge >= 0.3 is 0 Å². The monoisotopic (exact) mass is 366 g/mol. The summed E-state index contributed by atoms with van der Waals surface area (Å²) in [7, 11) is 0. The predicted octanol–water partition coefficient (Wildman–Crippen LogP) is 2.03. The summed E-state index contributed by atoms with van der Waals surface area (Å²) in [4.78, 5) is 31.4. The van der Waals surface area contributed by atoms with Gasteiger partial charge in [-0.05, 0) is 37.1 Å². The van der Waals surface area contributed by atoms with E-state index in [0.717, 1.165) is 6.42 Å². The number of carbonyl (C=O) groups excluding carboxylic acids is 2. The average Bonchev–Trinajstić information content (AvgIpc) is 2.69. The Labute approximate surface area is 157 Å². The summed E-state index contributed by atoms with van der Waals surface area (Å²) in [5.74, 6) is -0.321. The van der Waals surface area contributed by atoms with E-state index >= 15 is 0 Å². The molecule has 0 atom stereocenters. The van der Waals surface area contributed by atoms with Crippen LogP contribution in [0.4, 0.5) is 0 Å². The number of hydrogen-bond acceptors (Lipinski definition) is 6. The van der Waals surface area contributed by atoms with Crippen LogP contribution in [0.15, 0.2) is 59.0 Å². The summed E-state index contributed by atoms with van der Waals surface area (Å²) in [6.45, 7) is 0. The lowest BCUT2D eigenvalue weighted by Crippen LogP contribution is -2.18. The minimum absolute atomic E-state index is 0.161. The van der Waals surface area contributed by atoms with Gasteiger partial charge in [-0.15, -0.1) is 0 Å². The van der Waals surface area contributed by atoms with Crippen LogP contribution in [0.1, 0.15) is 43.5 Å². The van der Waals surface area contributed by atoms with Gasteiger partial charge < -0.3 is 0 Å². The normalized spacial score (nSPS) is 11.0. The van der Waals surface area contributed by atoms with Gasteiger partial charge in [-0.1, -0.05) is 18.6 Å². The highest BCUT2D eigenvalue weighted by Gasteiger charge is 2.02. The van der Waals surface area contributed by atoms with Crippen LogP contribution in [0.25, 0.3) is 0 Å². The highest BCUT2D eigenvalue weighted by atomic mass is 16.2. The fourth-order valence-electron chi connectivity index (χ4n) is 2.11. The summed E-state index contributed by atoms with van der Waals surface area (Å²) >= 11 is 0. The maximum Gasteiger partial charge on any atom is 0.240 e. The third-order valence-electron chi connectivity index (χ3n) is 3.46. The lowest BCUT2D eigenvalue weighted by Gasteiger charge is -2.01. The fourth-order valence-corrected chi connectivity index (χ4v) is 2.11. The van der Waals surface area contributed by atoms with E-state index in [0.29, 0.717) is 37.1 Å². The van der Waals surface area contributed by atoms with Gasteiger partial charge in [-0.3, -0.25) is 19.6 Å². The minimum Gasteiger partial charge on any atom is -0.273 e. The SMILES string of the molecule is O=C(CCCCCC(=O)NN=Cc1ccccn1)NN=Cc1ccccn1. The molecule has 8 heteroatoms. The predicted molar refractivity (Wildman–Crippen MR) is 103 cm³/mol. The van der Waals surface area contributed by atoms with Crippen molar-refractivity contribution < 1.29 is 9.59 Å². The Kier molecular flexibility index (Phi) is 8.86. The maximum atomic E-state index is 11.7. The number of unbranched alkanes of at least 4 members (excludes halogenated alkanes) is 2. The number of amides is 2. The van der Waals surface area contributed by atoms with Gasteiger partial charge in [0.15, 0.2) is 0 Å². The fraction of sp³-hybridized carbons (Fsp3) is 0.263. The number of carbonyl (C=O) groups is 2. The molecule has 0 aromatic carbocycles. The van der Waals surface area contributed by atoms with E-state index < -0.39 is 0 Å². The van der Waals surface area contributed by atoms with Crippen LogP contribution in [-0.2, 0) is 9.59 Å². The van der Waals surface area contributed by atoms with Gasteiger partial charge in [0, 0.05) is 25.2 Å². The molecule has 2 amide bonds. The molecule has 0 aliphatic carbocycles. The van der Waals surface area contributed by atoms with Gasteiger partial charge in [-0.2, -0.15) is 10.2 Å². The first kappa shape index (κ1) is 19.9. The van der Waals surface area contributed by atoms with E-state index in [1.165, 1.54) is 12.4 Å². The van der Waals surface area contributed by atoms with Gasteiger partial charge in [0.25, 0.3) is 0 Å². The highest BCUT2D eigenvalue weighted by Crippen LogP contribution is 2.03. The van der Waals surface area contributed by atoms with E-state index in [4.69, 9.17) is 0 Å². The van der Waals surface area contributed by atoms with Crippen molar-refractivity contribution in [3.05, 3.63) is 60.2 Å². The molecule has 0 radical (unpaired) electrons. The number of hydrazone groups is 2. The molecule has 0 bridgehead atoms. The Balaban J connectivity index is 1.51. The summed E-state index contributed by atoms with van der Waals surface area (Å²) in [6, 6.07) is 10.9. The van der Waals surface area contributed by atoms with Crippen LogP contribution in [0.2, 0.25) is 0 Å². The topological polar surface area (TPSA) is 109 Å². The Morgan fingerprint density at radius 1 is 0.778 bits per heavy atom. The molecule has 0 spiro atoms. The third kappa shape index (κ3) is 9.01. The van der Waals surface area contributed by atoms with Crippen LogP contribution in [0.5, 0.6) is 0 Å². The van der Waals surface area contributed by atoms with Crippen molar-refractivity contribution in [2.45, 2.75) is 32.1 Å². The Morgan fingerprint density at radius 3 is 1.67 bits per heavy atom. The van der Waals surface area contributed by atoms with Crippen molar-refractivity contribution in [1.29, 1.82) is 0 Å². The van der Waals surface area contributed by atoms with Crippen LogP contribution in [-0.4, -0.2) is 34.2 Å². The zero-order valence-electron chi connectivity index (χ0n) is 14.9. The van der Waals surface area contributed by atoms with E-state index in [1.807, 2.05) is 24.3 Å². The third-order valence-corrected chi connectivity index (χ3v) is 3.46. The van der Waals surface area contributed by atoms with Crippen LogP contribution in [0.3, 0.4) is 0 Å². The zero-order chi connectivity index (χ0) is 19.2. The van der Waals surface area contributed by atoms with E-state index in [-0.39, 0.29) is 11.8 Å². The molecule has 0 fully saturated rings. The smallest absolute Gasteiger partial charge is 0.240 e. The molecule has 0 aliphatic heterocycles. The van der Waals surface area contributed by atoms with Crippen molar-refractivity contribution in [2.75, 3.05) is 0 Å². The van der Waals surface area contributed by atoms with E-state index in [9.17, 15) is 9.59 Å². The Hall–Kier alpha value is -3.42. The summed E-state index contributed by atoms with van der Waals surface area (Å²) in [5, 5.41) is 7.71. The van der Waals surface area contributed by atoms with Gasteiger partial charge in [0.2, 0.25) is 11.8 Å². The summed E-state index contributed by atoms with van der Waals surface area (Å²) < 4.78 is 0. The molecule has 2 aromatic heterocycles. The summed E-state index contributed by atoms with van der Waals surface area (Å²) in [5.41, 5.74) is 6.27. The van der Waals surface area contributed by atoms with Crippen LogP contribution in [0, 0.1) is 0 Å². The molecular weight excluding hydrogens is 344 g/mol. The number of rotatable bonds is 10. The largest absolute Gasteiger partial charge is 0.273 e. The standard InChI is InChI=1S/C19H22N6O2/c26-18(24-22-14-16-8-4-6-12-20-16)10-2-1-3-11-19(27)25-23-15-17-9-5-7-13-21-17/h4-9,12-15H,1-3,10-11H2,(H,24,26)(H,25,27). The molecule has 2 rings (SSSR count). The zero-order valence-corrected chi connectivity index (χ0v) is 14.9. The first-order chi connectivity index (χ1) is 13.2. The lowest BCUT2D eigenvalue weighted by atomic mass is 10.1. The van der Waals surface area contributed by atoms with E-state index in [1.54, 1.807) is 24.5 Å². The summed E-state index contributed by atoms with van der Waals surface area (Å²) in [6.07, 6.45) is 9.17. The van der Waals surface area contributed by atoms with E-state index in [2.05, 4.69) is 31.0 Å². The molecule has 2 N–H and O–H groups in total. The number of nitrogens with one attached hydrogen (secondary N) is 2. The molecule has 8 nitrogen and oxygen atoms in total. The Bertz CT molecular complexity index is 697. The van der Waals surface area contributed by atoms with Crippen molar-refractivity contribution >= 4 is 24.2 Å². The first-order valence-corrected chi connectivity index (χ1v) is 8.70. The molecule has 2 aromatic rings. The highest BCUT2D eigenvalue weighted by molar-refractivity contribution is 5.81. The second-order valence-electron chi connectivity index (χ2n) is 5.66. The molecule has 0 saturated heterocycles. The second-order valence-corrected chi connectivity index (χ2v) is 5.66. The molecule has 0 aliphatic rings. The number of nitrogens with zero attached hydrogens (tertiary/aromatic N) is 4. The van der Waals surface area contributed by atoms with Gasteiger partial charge in [0.05, 0.1) is 23.8 Å². The van der Waals surface area contributed by atoms with Crippen LogP contribution < -0.4 is 10.9 Å².